The normalized spacial score (nSPS) is 13.0. The molecule has 222 valence electrons. The number of carboxylic acids is 1. The van der Waals surface area contributed by atoms with Crippen molar-refractivity contribution in [2.45, 2.75) is 94.8 Å². The van der Waals surface area contributed by atoms with E-state index in [2.05, 4.69) is 70.0 Å². The Labute approximate surface area is 242 Å². The summed E-state index contributed by atoms with van der Waals surface area (Å²) in [6.45, 7) is 13.8. The van der Waals surface area contributed by atoms with Crippen molar-refractivity contribution in [2.75, 3.05) is 18.2 Å². The predicted octanol–water partition coefficient (Wildman–Crippen LogP) is 6.33. The van der Waals surface area contributed by atoms with E-state index in [9.17, 15) is 23.1 Å². The molecule has 0 aliphatic carbocycles. The Morgan fingerprint density at radius 1 is 1.07 bits per heavy atom. The fourth-order valence-electron chi connectivity index (χ4n) is 3.88. The third-order valence-corrected chi connectivity index (χ3v) is 9.03. The molecule has 1 aromatic carbocycles. The number of amides is 2. The van der Waals surface area contributed by atoms with Crippen molar-refractivity contribution in [1.82, 2.24) is 9.71 Å². The van der Waals surface area contributed by atoms with Crippen LogP contribution in [-0.4, -0.2) is 48.6 Å². The summed E-state index contributed by atoms with van der Waals surface area (Å²) in [6.07, 6.45) is 6.00. The summed E-state index contributed by atoms with van der Waals surface area (Å²) in [4.78, 5) is 28.1. The van der Waals surface area contributed by atoms with Crippen LogP contribution in [0.4, 0.5) is 10.5 Å². The van der Waals surface area contributed by atoms with Crippen molar-refractivity contribution in [3.63, 3.8) is 0 Å². The average Bonchev–Trinajstić information content (AvgIpc) is 2.87. The molecule has 0 saturated carbocycles. The van der Waals surface area contributed by atoms with Gasteiger partial charge in [0, 0.05) is 11.8 Å². The molecule has 0 bridgehead atoms. The van der Waals surface area contributed by atoms with Crippen LogP contribution in [0.1, 0.15) is 84.8 Å². The minimum atomic E-state index is -3.75. The fraction of sp³-hybridized carbons (Fsp3) is 0.552. The van der Waals surface area contributed by atoms with Gasteiger partial charge in [0.15, 0.2) is 0 Å². The standard InChI is InChI=1S/C29H43N3O6S2/c1-8-28(3,4)20-15-16-23(21(19-20)29(5,6)9-2)38-18-11-10-14-24(26(33)34)39-25-22(13-12-17-30-25)31-27(35)32-40(7,36)37/h12-13,15-17,19,24H,8-11,14,18H2,1-7H3,(H,33,34)(H2,31,32,35). The maximum Gasteiger partial charge on any atom is 0.332 e. The number of carbonyl (C=O) groups is 2. The lowest BCUT2D eigenvalue weighted by Gasteiger charge is -2.30. The van der Waals surface area contributed by atoms with Crippen LogP contribution in [0.2, 0.25) is 0 Å². The molecule has 0 aliphatic heterocycles. The number of thioether (sulfide) groups is 1. The zero-order valence-corrected chi connectivity index (χ0v) is 26.2. The highest BCUT2D eigenvalue weighted by molar-refractivity contribution is 8.00. The van der Waals surface area contributed by atoms with Gasteiger partial charge in [-0.15, -0.1) is 0 Å². The first-order valence-electron chi connectivity index (χ1n) is 13.5. The summed E-state index contributed by atoms with van der Waals surface area (Å²) in [5, 5.41) is 11.7. The lowest BCUT2D eigenvalue weighted by molar-refractivity contribution is -0.136. The van der Waals surface area contributed by atoms with E-state index in [0.29, 0.717) is 25.9 Å². The highest BCUT2D eigenvalue weighted by atomic mass is 32.2. The van der Waals surface area contributed by atoms with E-state index in [1.165, 1.54) is 23.4 Å². The van der Waals surface area contributed by atoms with Crippen LogP contribution in [0.15, 0.2) is 41.6 Å². The molecule has 2 amide bonds. The summed E-state index contributed by atoms with van der Waals surface area (Å²) >= 11 is 1.01. The van der Waals surface area contributed by atoms with Crippen LogP contribution in [-0.2, 0) is 25.6 Å². The number of carboxylic acid groups (broad SMARTS) is 1. The van der Waals surface area contributed by atoms with Crippen LogP contribution in [0.25, 0.3) is 0 Å². The van der Waals surface area contributed by atoms with Crippen molar-refractivity contribution in [3.8, 4) is 5.75 Å². The topological polar surface area (TPSA) is 135 Å². The first-order chi connectivity index (χ1) is 18.6. The monoisotopic (exact) mass is 593 g/mol. The van der Waals surface area contributed by atoms with Crippen molar-refractivity contribution in [3.05, 3.63) is 47.7 Å². The minimum Gasteiger partial charge on any atom is -0.493 e. The van der Waals surface area contributed by atoms with Crippen LogP contribution >= 0.6 is 11.8 Å². The van der Waals surface area contributed by atoms with Gasteiger partial charge in [-0.2, -0.15) is 0 Å². The molecule has 0 fully saturated rings. The second-order valence-corrected chi connectivity index (χ2v) is 14.1. The molecule has 3 N–H and O–H groups in total. The van der Waals surface area contributed by atoms with E-state index in [4.69, 9.17) is 4.74 Å². The second-order valence-electron chi connectivity index (χ2n) is 11.2. The molecule has 1 aromatic heterocycles. The van der Waals surface area contributed by atoms with Gasteiger partial charge in [0.1, 0.15) is 16.0 Å². The summed E-state index contributed by atoms with van der Waals surface area (Å²) < 4.78 is 30.7. The molecule has 1 unspecified atom stereocenters. The molecule has 11 heteroatoms. The summed E-state index contributed by atoms with van der Waals surface area (Å²) in [6, 6.07) is 8.63. The number of ether oxygens (including phenoxy) is 1. The number of sulfonamides is 1. The van der Waals surface area contributed by atoms with E-state index < -0.39 is 27.3 Å². The van der Waals surface area contributed by atoms with Crippen molar-refractivity contribution in [2.24, 2.45) is 0 Å². The van der Waals surface area contributed by atoms with Crippen LogP contribution in [0, 0.1) is 0 Å². The van der Waals surface area contributed by atoms with Gasteiger partial charge in [-0.05, 0) is 66.7 Å². The maximum absolute atomic E-state index is 12.0. The van der Waals surface area contributed by atoms with E-state index in [1.54, 1.807) is 6.07 Å². The lowest BCUT2D eigenvalue weighted by Crippen LogP contribution is -2.33. The van der Waals surface area contributed by atoms with Gasteiger partial charge in [0.2, 0.25) is 10.0 Å². The minimum absolute atomic E-state index is 0.0488. The molecule has 0 saturated heterocycles. The Hall–Kier alpha value is -2.79. The number of anilines is 1. The number of carbonyl (C=O) groups excluding carboxylic acids is 1. The molecular weight excluding hydrogens is 550 g/mol. The molecule has 40 heavy (non-hydrogen) atoms. The van der Waals surface area contributed by atoms with Gasteiger partial charge in [0.05, 0.1) is 18.6 Å². The molecule has 0 radical (unpaired) electrons. The molecule has 0 aliphatic rings. The zero-order chi connectivity index (χ0) is 30.1. The number of aliphatic carboxylic acids is 1. The summed E-state index contributed by atoms with van der Waals surface area (Å²) in [7, 11) is -3.75. The number of aromatic nitrogens is 1. The SMILES string of the molecule is CCC(C)(C)c1ccc(OCCCCC(Sc2ncccc2NC(=O)NS(C)(=O)=O)C(=O)O)c(C(C)(C)CC)c1. The lowest BCUT2D eigenvalue weighted by atomic mass is 9.76. The predicted molar refractivity (Wildman–Crippen MR) is 161 cm³/mol. The Morgan fingerprint density at radius 2 is 1.75 bits per heavy atom. The number of rotatable bonds is 15. The van der Waals surface area contributed by atoms with Crippen molar-refractivity contribution in [1.29, 1.82) is 0 Å². The molecule has 0 spiro atoms. The third-order valence-electron chi connectivity index (χ3n) is 7.20. The van der Waals surface area contributed by atoms with Gasteiger partial charge in [-0.1, -0.05) is 65.4 Å². The van der Waals surface area contributed by atoms with Gasteiger partial charge in [-0.25, -0.2) is 22.9 Å². The smallest absolute Gasteiger partial charge is 0.332 e. The van der Waals surface area contributed by atoms with Crippen molar-refractivity contribution >= 4 is 39.5 Å². The number of nitrogens with one attached hydrogen (secondary N) is 2. The number of urea groups is 1. The largest absolute Gasteiger partial charge is 0.493 e. The van der Waals surface area contributed by atoms with Crippen molar-refractivity contribution < 1.29 is 27.9 Å². The summed E-state index contributed by atoms with van der Waals surface area (Å²) in [5.41, 5.74) is 2.72. The molecule has 9 nitrogen and oxygen atoms in total. The van der Waals surface area contributed by atoms with Gasteiger partial charge < -0.3 is 15.2 Å². The average molecular weight is 594 g/mol. The Bertz CT molecular complexity index is 1280. The van der Waals surface area contributed by atoms with E-state index in [0.717, 1.165) is 36.6 Å². The Morgan fingerprint density at radius 3 is 2.35 bits per heavy atom. The van der Waals surface area contributed by atoms with E-state index in [1.807, 2.05) is 4.72 Å². The zero-order valence-electron chi connectivity index (χ0n) is 24.5. The quantitative estimate of drug-likeness (QED) is 0.161. The van der Waals surface area contributed by atoms with Gasteiger partial charge in [-0.3, -0.25) is 4.79 Å². The van der Waals surface area contributed by atoms with Crippen LogP contribution in [0.5, 0.6) is 5.75 Å². The molecule has 2 aromatic rings. The number of hydrogen-bond acceptors (Lipinski definition) is 7. The Kier molecular flexibility index (Phi) is 11.9. The molecular formula is C29H43N3O6S2. The Balaban J connectivity index is 2.03. The third kappa shape index (κ3) is 9.99. The van der Waals surface area contributed by atoms with Crippen LogP contribution in [0.3, 0.4) is 0 Å². The first kappa shape index (κ1) is 33.4. The second kappa shape index (κ2) is 14.2. The molecule has 1 heterocycles. The number of pyridine rings is 1. The highest BCUT2D eigenvalue weighted by Crippen LogP contribution is 2.38. The maximum atomic E-state index is 12.0. The molecule has 1 atom stereocenters. The number of unbranched alkanes of at least 4 members (excludes halogenated alkanes) is 1. The molecule has 2 rings (SSSR count). The van der Waals surface area contributed by atoms with Gasteiger partial charge >= 0.3 is 12.0 Å². The van der Waals surface area contributed by atoms with E-state index in [-0.39, 0.29) is 21.5 Å². The summed E-state index contributed by atoms with van der Waals surface area (Å²) in [5.74, 6) is -0.132. The number of nitrogens with zero attached hydrogens (tertiary/aromatic N) is 1. The van der Waals surface area contributed by atoms with E-state index >= 15 is 0 Å². The number of benzene rings is 1. The highest BCUT2D eigenvalue weighted by Gasteiger charge is 2.27. The van der Waals surface area contributed by atoms with Gasteiger partial charge in [0.25, 0.3) is 0 Å². The number of hydrogen-bond donors (Lipinski definition) is 3. The fourth-order valence-corrected chi connectivity index (χ4v) is 5.29. The van der Waals surface area contributed by atoms with Crippen LogP contribution < -0.4 is 14.8 Å². The first-order valence-corrected chi connectivity index (χ1v) is 16.3.